The summed E-state index contributed by atoms with van der Waals surface area (Å²) in [7, 11) is 0. The minimum atomic E-state index is -1.17. The Morgan fingerprint density at radius 1 is 1.26 bits per heavy atom. The number of likely N-dealkylation sites (tertiary alicyclic amines) is 1. The van der Waals surface area contributed by atoms with Crippen molar-refractivity contribution in [2.24, 2.45) is 28.6 Å². The molecule has 0 aromatic heterocycles. The number of piperidine rings is 1. The van der Waals surface area contributed by atoms with Crippen molar-refractivity contribution >= 4 is 11.9 Å². The van der Waals surface area contributed by atoms with E-state index in [1.165, 1.54) is 0 Å². The Balaban J connectivity index is 1.50. The first kappa shape index (κ1) is 19.9. The van der Waals surface area contributed by atoms with Gasteiger partial charge in [-0.15, -0.1) is 0 Å². The number of hydrogen-bond donors (Lipinski definition) is 3. The number of fused-ring (bicyclic) bond motifs is 6. The van der Waals surface area contributed by atoms with Gasteiger partial charge < -0.3 is 25.0 Å². The number of allylic oxidation sites excluding steroid dienone is 1. The molecule has 31 heavy (non-hydrogen) atoms. The number of amides is 1. The van der Waals surface area contributed by atoms with Crippen LogP contribution in [0.4, 0.5) is 0 Å². The van der Waals surface area contributed by atoms with E-state index in [-0.39, 0.29) is 17.9 Å². The minimum absolute atomic E-state index is 0.0178. The quantitative estimate of drug-likeness (QED) is 0.423. The second-order valence-corrected chi connectivity index (χ2v) is 11.1. The Labute approximate surface area is 181 Å². The van der Waals surface area contributed by atoms with E-state index in [1.807, 2.05) is 11.0 Å². The molecule has 3 saturated carbocycles. The number of ether oxygens (including phenoxy) is 1. The molecular formula is C24H31NO6. The molecule has 0 aromatic rings. The topological polar surface area (TPSA) is 107 Å². The second-order valence-electron chi connectivity index (χ2n) is 11.1. The van der Waals surface area contributed by atoms with Gasteiger partial charge in [-0.05, 0) is 68.4 Å². The Hall–Kier alpha value is -1.70. The van der Waals surface area contributed by atoms with Crippen LogP contribution in [0.1, 0.15) is 45.4 Å². The molecule has 0 radical (unpaired) electrons. The number of nitrogens with zero attached hydrogens (tertiary/aromatic N) is 1. The molecule has 168 valence electrons. The number of hydrogen-bond acceptors (Lipinski definition) is 6. The fourth-order valence-electron chi connectivity index (χ4n) is 8.14. The highest BCUT2D eigenvalue weighted by Crippen LogP contribution is 2.74. The molecule has 6 aliphatic rings. The lowest BCUT2D eigenvalue weighted by atomic mass is 9.60. The molecule has 2 aliphatic heterocycles. The van der Waals surface area contributed by atoms with Gasteiger partial charge in [-0.2, -0.15) is 0 Å². The van der Waals surface area contributed by atoms with Gasteiger partial charge in [0.2, 0.25) is 5.91 Å². The molecule has 2 heterocycles. The third kappa shape index (κ3) is 2.25. The van der Waals surface area contributed by atoms with Crippen molar-refractivity contribution in [2.75, 3.05) is 13.1 Å². The summed E-state index contributed by atoms with van der Waals surface area (Å²) in [5, 5.41) is 32.2. The van der Waals surface area contributed by atoms with Crippen LogP contribution in [-0.2, 0) is 14.3 Å². The van der Waals surface area contributed by atoms with Crippen LogP contribution in [0, 0.1) is 28.6 Å². The first-order valence-electron chi connectivity index (χ1n) is 11.6. The van der Waals surface area contributed by atoms with Crippen LogP contribution in [-0.4, -0.2) is 69.1 Å². The standard InChI is InChI=1S/C24H31NO6/c1-12-10-23-11-24(12,30)6-3-15(23)14-9-16-19(27)22(2,21(29)31-16)17(14)18(23)20(28)25-7-4-13(26)5-8-25/h9,13,15-19,26-27,30H,1,3-8,10-11H2,2H3/t15-,16-,17+,18+,19-,22-,23-,24?/m0/s1. The van der Waals surface area contributed by atoms with Crippen molar-refractivity contribution in [3.8, 4) is 0 Å². The van der Waals surface area contributed by atoms with Crippen molar-refractivity contribution < 1.29 is 29.6 Å². The SMILES string of the molecule is C=C1C[C@]23CC1(O)CC[C@H]2C1=C[C@@H]2OC(=O)[C@@](C)([C@H]1[C@@H]3C(=O)N1CCC(O)CC1)[C@H]2O. The Bertz CT molecular complexity index is 921. The predicted octanol–water partition coefficient (Wildman–Crippen LogP) is 0.926. The van der Waals surface area contributed by atoms with E-state index in [0.29, 0.717) is 45.2 Å². The molecule has 5 fully saturated rings. The minimum Gasteiger partial charge on any atom is -0.455 e. The average molecular weight is 430 g/mol. The van der Waals surface area contributed by atoms with Gasteiger partial charge in [0.05, 0.1) is 17.6 Å². The predicted molar refractivity (Wildman–Crippen MR) is 109 cm³/mol. The number of carbonyl (C=O) groups excluding carboxylic acids is 2. The van der Waals surface area contributed by atoms with Crippen molar-refractivity contribution in [3.63, 3.8) is 0 Å². The third-order valence-electron chi connectivity index (χ3n) is 9.73. The zero-order valence-corrected chi connectivity index (χ0v) is 17.9. The van der Waals surface area contributed by atoms with Crippen LogP contribution < -0.4 is 0 Å². The maximum Gasteiger partial charge on any atom is 0.315 e. The van der Waals surface area contributed by atoms with Gasteiger partial charge in [0.25, 0.3) is 0 Å². The molecule has 2 saturated heterocycles. The van der Waals surface area contributed by atoms with E-state index in [2.05, 4.69) is 6.58 Å². The van der Waals surface area contributed by atoms with Crippen LogP contribution in [0.5, 0.6) is 0 Å². The highest BCUT2D eigenvalue weighted by atomic mass is 16.6. The summed E-state index contributed by atoms with van der Waals surface area (Å²) in [6, 6.07) is 0. The van der Waals surface area contributed by atoms with E-state index < -0.39 is 46.4 Å². The molecule has 4 aliphatic carbocycles. The van der Waals surface area contributed by atoms with Crippen LogP contribution in [0.25, 0.3) is 0 Å². The summed E-state index contributed by atoms with van der Waals surface area (Å²) >= 11 is 0. The fraction of sp³-hybridized carbons (Fsp3) is 0.750. The Morgan fingerprint density at radius 2 is 1.97 bits per heavy atom. The van der Waals surface area contributed by atoms with Gasteiger partial charge >= 0.3 is 5.97 Å². The first-order chi connectivity index (χ1) is 14.6. The zero-order chi connectivity index (χ0) is 21.9. The average Bonchev–Trinajstić information content (AvgIpc) is 3.16. The van der Waals surface area contributed by atoms with Gasteiger partial charge in [0.15, 0.2) is 0 Å². The molecule has 4 bridgehead atoms. The van der Waals surface area contributed by atoms with E-state index in [9.17, 15) is 24.9 Å². The maximum atomic E-state index is 14.1. The summed E-state index contributed by atoms with van der Waals surface area (Å²) < 4.78 is 5.53. The van der Waals surface area contributed by atoms with E-state index in [0.717, 1.165) is 17.6 Å². The van der Waals surface area contributed by atoms with Gasteiger partial charge in [-0.3, -0.25) is 9.59 Å². The van der Waals surface area contributed by atoms with Gasteiger partial charge in [0.1, 0.15) is 17.6 Å². The smallest absolute Gasteiger partial charge is 0.315 e. The molecule has 3 N–H and O–H groups in total. The Kier molecular flexibility index (Phi) is 3.86. The first-order valence-corrected chi connectivity index (χ1v) is 11.6. The molecule has 6 rings (SSSR count). The lowest BCUT2D eigenvalue weighted by molar-refractivity contribution is -0.155. The highest BCUT2D eigenvalue weighted by molar-refractivity contribution is 5.88. The summed E-state index contributed by atoms with van der Waals surface area (Å²) in [4.78, 5) is 28.9. The van der Waals surface area contributed by atoms with Crippen LogP contribution >= 0.6 is 0 Å². The lowest BCUT2D eigenvalue weighted by Crippen LogP contribution is -2.54. The van der Waals surface area contributed by atoms with Crippen molar-refractivity contribution in [1.82, 2.24) is 4.90 Å². The van der Waals surface area contributed by atoms with Gasteiger partial charge in [-0.1, -0.05) is 12.2 Å². The highest BCUT2D eigenvalue weighted by Gasteiger charge is 2.75. The van der Waals surface area contributed by atoms with E-state index in [4.69, 9.17) is 4.74 Å². The fourth-order valence-corrected chi connectivity index (χ4v) is 8.14. The largest absolute Gasteiger partial charge is 0.455 e. The third-order valence-corrected chi connectivity index (χ3v) is 9.73. The number of carbonyl (C=O) groups is 2. The van der Waals surface area contributed by atoms with Gasteiger partial charge in [-0.25, -0.2) is 0 Å². The molecule has 7 heteroatoms. The van der Waals surface area contributed by atoms with E-state index in [1.54, 1.807) is 6.92 Å². The normalized spacial score (nSPS) is 50.8. The zero-order valence-electron chi connectivity index (χ0n) is 17.9. The van der Waals surface area contributed by atoms with Crippen LogP contribution in [0.3, 0.4) is 0 Å². The van der Waals surface area contributed by atoms with Gasteiger partial charge in [0, 0.05) is 19.0 Å². The molecular weight excluding hydrogens is 398 g/mol. The monoisotopic (exact) mass is 429 g/mol. The molecule has 1 spiro atoms. The molecule has 1 amide bonds. The number of esters is 1. The summed E-state index contributed by atoms with van der Waals surface area (Å²) in [6.07, 6.45) is 3.37. The number of aliphatic hydroxyl groups is 3. The number of aliphatic hydroxyl groups excluding tert-OH is 2. The second kappa shape index (κ2) is 6.00. The number of rotatable bonds is 1. The van der Waals surface area contributed by atoms with Crippen LogP contribution in [0.2, 0.25) is 0 Å². The van der Waals surface area contributed by atoms with Crippen molar-refractivity contribution in [1.29, 1.82) is 0 Å². The molecule has 1 unspecified atom stereocenters. The Morgan fingerprint density at radius 3 is 2.68 bits per heavy atom. The van der Waals surface area contributed by atoms with Crippen molar-refractivity contribution in [2.45, 2.75) is 69.4 Å². The molecule has 0 aromatic carbocycles. The molecule has 7 nitrogen and oxygen atoms in total. The van der Waals surface area contributed by atoms with Crippen LogP contribution in [0.15, 0.2) is 23.8 Å². The summed E-state index contributed by atoms with van der Waals surface area (Å²) in [5.74, 6) is -1.33. The lowest BCUT2D eigenvalue weighted by Gasteiger charge is -2.45. The summed E-state index contributed by atoms with van der Waals surface area (Å²) in [6.45, 7) is 6.91. The van der Waals surface area contributed by atoms with Crippen molar-refractivity contribution in [3.05, 3.63) is 23.8 Å². The maximum absolute atomic E-state index is 14.1. The summed E-state index contributed by atoms with van der Waals surface area (Å²) in [5.41, 5.74) is -0.754. The van der Waals surface area contributed by atoms with E-state index >= 15 is 0 Å². The molecule has 8 atom stereocenters.